The van der Waals surface area contributed by atoms with Crippen LogP contribution in [0.2, 0.25) is 0 Å². The number of esters is 1. The van der Waals surface area contributed by atoms with Gasteiger partial charge >= 0.3 is 5.97 Å². The van der Waals surface area contributed by atoms with Crippen LogP contribution in [0.5, 0.6) is 0 Å². The van der Waals surface area contributed by atoms with Crippen LogP contribution < -0.4 is 0 Å². The molecule has 0 heterocycles. The largest absolute Gasteiger partial charge is 0.458 e. The van der Waals surface area contributed by atoms with Gasteiger partial charge in [-0.2, -0.15) is 0 Å². The maximum absolute atomic E-state index is 12.4. The summed E-state index contributed by atoms with van der Waals surface area (Å²) < 4.78 is 11.6. The number of aliphatic hydroxyl groups excluding tert-OH is 2. The van der Waals surface area contributed by atoms with Crippen LogP contribution in [0, 0.1) is 11.3 Å². The van der Waals surface area contributed by atoms with Gasteiger partial charge in [0, 0.05) is 6.42 Å². The first kappa shape index (κ1) is 26.9. The number of fused-ring (bicyclic) bond motifs is 1. The highest BCUT2D eigenvalue weighted by atomic mass is 16.6. The third-order valence-corrected chi connectivity index (χ3v) is 8.01. The van der Waals surface area contributed by atoms with Gasteiger partial charge in [0.15, 0.2) is 0 Å². The van der Waals surface area contributed by atoms with E-state index in [1.165, 1.54) is 11.1 Å². The Kier molecular flexibility index (Phi) is 8.65. The second kappa shape index (κ2) is 10.9. The molecule has 0 aromatic carbocycles. The second-order valence-electron chi connectivity index (χ2n) is 11.2. The summed E-state index contributed by atoms with van der Waals surface area (Å²) in [4.78, 5) is 12.4. The quantitative estimate of drug-likeness (QED) is 0.357. The van der Waals surface area contributed by atoms with Crippen molar-refractivity contribution in [1.82, 2.24) is 0 Å². The Hall–Kier alpha value is -1.69. The van der Waals surface area contributed by atoms with E-state index < -0.39 is 17.8 Å². The first-order chi connectivity index (χ1) is 16.0. The van der Waals surface area contributed by atoms with Crippen LogP contribution in [0.1, 0.15) is 86.0 Å². The minimum absolute atomic E-state index is 0.00992. The van der Waals surface area contributed by atoms with Gasteiger partial charge < -0.3 is 19.7 Å². The van der Waals surface area contributed by atoms with Crippen molar-refractivity contribution in [1.29, 1.82) is 0 Å². The summed E-state index contributed by atoms with van der Waals surface area (Å²) in [5.74, 6) is 0.0971. The van der Waals surface area contributed by atoms with Crippen LogP contribution in [0.4, 0.5) is 0 Å². The highest BCUT2D eigenvalue weighted by Gasteiger charge is 2.46. The Morgan fingerprint density at radius 3 is 2.79 bits per heavy atom. The molecule has 0 radical (unpaired) electrons. The Morgan fingerprint density at radius 1 is 1.35 bits per heavy atom. The van der Waals surface area contributed by atoms with Crippen molar-refractivity contribution in [3.05, 3.63) is 47.1 Å². The van der Waals surface area contributed by atoms with Crippen LogP contribution in [0.3, 0.4) is 0 Å². The third-order valence-electron chi connectivity index (χ3n) is 8.01. The van der Waals surface area contributed by atoms with Crippen molar-refractivity contribution in [2.24, 2.45) is 11.3 Å². The van der Waals surface area contributed by atoms with Crippen LogP contribution in [-0.4, -0.2) is 46.7 Å². The van der Waals surface area contributed by atoms with Crippen molar-refractivity contribution in [3.63, 3.8) is 0 Å². The van der Waals surface area contributed by atoms with Gasteiger partial charge in [0.1, 0.15) is 12.2 Å². The minimum atomic E-state index is -0.665. The van der Waals surface area contributed by atoms with E-state index in [4.69, 9.17) is 9.47 Å². The fraction of sp³-hybridized carbons (Fsp3) is 0.690. The first-order valence-corrected chi connectivity index (χ1v) is 13.0. The lowest BCUT2D eigenvalue weighted by Crippen LogP contribution is -2.36. The molecular formula is C29H44O5. The lowest BCUT2D eigenvalue weighted by molar-refractivity contribution is -0.163. The van der Waals surface area contributed by atoms with E-state index in [-0.39, 0.29) is 24.1 Å². The summed E-state index contributed by atoms with van der Waals surface area (Å²) in [5.41, 5.74) is 3.90. The lowest BCUT2D eigenvalue weighted by Gasteiger charge is -2.42. The van der Waals surface area contributed by atoms with Gasteiger partial charge in [0.2, 0.25) is 0 Å². The van der Waals surface area contributed by atoms with E-state index in [0.29, 0.717) is 18.8 Å². The van der Waals surface area contributed by atoms with Crippen molar-refractivity contribution >= 4 is 5.97 Å². The summed E-state index contributed by atoms with van der Waals surface area (Å²) in [7, 11) is 0. The molecule has 0 amide bonds. The van der Waals surface area contributed by atoms with E-state index in [2.05, 4.69) is 38.7 Å². The van der Waals surface area contributed by atoms with E-state index >= 15 is 0 Å². The number of allylic oxidation sites excluding steroid dienone is 4. The number of ether oxygens (including phenoxy) is 2. The van der Waals surface area contributed by atoms with Crippen molar-refractivity contribution < 1.29 is 24.5 Å². The molecule has 5 nitrogen and oxygen atoms in total. The number of carbonyl (C=O) groups is 1. The number of hydrogen-bond acceptors (Lipinski definition) is 5. The summed E-state index contributed by atoms with van der Waals surface area (Å²) >= 11 is 0. The van der Waals surface area contributed by atoms with E-state index in [1.54, 1.807) is 0 Å². The van der Waals surface area contributed by atoms with Crippen molar-refractivity contribution in [2.75, 3.05) is 6.61 Å². The van der Waals surface area contributed by atoms with Crippen LogP contribution in [0.15, 0.2) is 47.1 Å². The lowest BCUT2D eigenvalue weighted by atomic mass is 9.63. The predicted molar refractivity (Wildman–Crippen MR) is 135 cm³/mol. The number of carbonyl (C=O) groups excluding carboxylic acids is 1. The van der Waals surface area contributed by atoms with E-state index in [0.717, 1.165) is 49.7 Å². The molecule has 3 rings (SSSR count). The molecule has 2 fully saturated rings. The van der Waals surface area contributed by atoms with Crippen molar-refractivity contribution in [2.45, 2.75) is 110 Å². The van der Waals surface area contributed by atoms with E-state index in [9.17, 15) is 15.0 Å². The summed E-state index contributed by atoms with van der Waals surface area (Å²) in [6, 6.07) is 0. The zero-order valence-corrected chi connectivity index (χ0v) is 21.7. The normalized spacial score (nSPS) is 33.1. The van der Waals surface area contributed by atoms with Crippen molar-refractivity contribution in [3.8, 4) is 0 Å². The van der Waals surface area contributed by atoms with Gasteiger partial charge in [-0.15, -0.1) is 0 Å². The summed E-state index contributed by atoms with van der Waals surface area (Å²) in [5, 5.41) is 20.2. The van der Waals surface area contributed by atoms with Gasteiger partial charge in [-0.05, 0) is 87.3 Å². The smallest absolute Gasteiger partial charge is 0.332 e. The molecule has 0 aromatic rings. The zero-order valence-electron chi connectivity index (χ0n) is 21.7. The molecule has 0 spiro atoms. The highest BCUT2D eigenvalue weighted by Crippen LogP contribution is 2.55. The van der Waals surface area contributed by atoms with Crippen LogP contribution >= 0.6 is 0 Å². The fourth-order valence-electron chi connectivity index (χ4n) is 6.22. The molecule has 0 unspecified atom stereocenters. The molecule has 0 saturated heterocycles. The van der Waals surface area contributed by atoms with Gasteiger partial charge in [-0.3, -0.25) is 0 Å². The maximum atomic E-state index is 12.4. The summed E-state index contributed by atoms with van der Waals surface area (Å²) in [6.45, 7) is 14.3. The van der Waals surface area contributed by atoms with Gasteiger partial charge in [0.25, 0.3) is 0 Å². The first-order valence-electron chi connectivity index (χ1n) is 13.0. The Balaban J connectivity index is 1.65. The molecule has 5 atom stereocenters. The minimum Gasteiger partial charge on any atom is -0.458 e. The molecule has 2 N–H and O–H groups in total. The number of aliphatic hydroxyl groups is 2. The number of hydrogen-bond donors (Lipinski definition) is 2. The Labute approximate surface area is 205 Å². The van der Waals surface area contributed by atoms with Crippen LogP contribution in [0.25, 0.3) is 0 Å². The molecule has 3 aliphatic rings. The highest BCUT2D eigenvalue weighted by molar-refractivity contribution is 5.71. The third kappa shape index (κ3) is 6.10. The molecule has 190 valence electrons. The Morgan fingerprint density at radius 2 is 2.09 bits per heavy atom. The molecule has 0 bridgehead atoms. The predicted octanol–water partition coefficient (Wildman–Crippen LogP) is 5.57. The summed E-state index contributed by atoms with van der Waals surface area (Å²) in [6.07, 6.45) is 12.2. The zero-order chi connectivity index (χ0) is 25.1. The molecular weight excluding hydrogens is 428 g/mol. The topological polar surface area (TPSA) is 76.0 Å². The number of rotatable bonds is 8. The van der Waals surface area contributed by atoms with Crippen LogP contribution in [-0.2, 0) is 14.3 Å². The molecule has 3 aliphatic carbocycles. The second-order valence-corrected chi connectivity index (χ2v) is 11.2. The van der Waals surface area contributed by atoms with Gasteiger partial charge in [-0.25, -0.2) is 4.79 Å². The maximum Gasteiger partial charge on any atom is 0.332 e. The average Bonchev–Trinajstić information content (AvgIpc) is 3.10. The Bertz CT molecular complexity index is 864. The molecule has 0 aliphatic heterocycles. The molecule has 2 saturated carbocycles. The van der Waals surface area contributed by atoms with Gasteiger partial charge in [-0.1, -0.05) is 50.6 Å². The molecule has 34 heavy (non-hydrogen) atoms. The SMILES string of the molecule is C=C1C(=CC=C2CCC[C@]3(C)C([C@H](C)OCC(=O)OC(C)(C)CCC)=CC[C@@H]23)C[C@@H](O)C[C@@H]1O. The standard InChI is InChI=1S/C29H44O5/c1-7-14-28(4,5)34-27(32)18-33-20(3)24-12-13-25-21(9-8-15-29(24,25)6)10-11-22-16-23(30)17-26(31)19(22)2/h10-12,20,23,25-26,30-31H,2,7-9,13-18H2,1,3-6H3/t20-,23+,25-,26-,29+/m0/s1. The monoisotopic (exact) mass is 472 g/mol. The molecule has 0 aromatic heterocycles. The van der Waals surface area contributed by atoms with E-state index in [1.807, 2.05) is 20.8 Å². The van der Waals surface area contributed by atoms with Gasteiger partial charge in [0.05, 0.1) is 18.3 Å². The average molecular weight is 473 g/mol. The molecule has 5 heteroatoms. The fourth-order valence-corrected chi connectivity index (χ4v) is 6.22.